The molecule has 0 unspecified atom stereocenters. The van der Waals surface area contributed by atoms with Crippen molar-refractivity contribution in [2.24, 2.45) is 29.6 Å². The molecular weight excluding hydrogens is 362 g/mol. The lowest BCUT2D eigenvalue weighted by atomic mass is 9.69. The van der Waals surface area contributed by atoms with E-state index in [9.17, 15) is 9.59 Å². The lowest BCUT2D eigenvalue weighted by Crippen LogP contribution is -2.38. The minimum absolute atomic E-state index is 0.176. The largest absolute Gasteiger partial charge is 0.355 e. The second-order valence-electron chi connectivity index (χ2n) is 9.25. The average molecular weight is 398 g/mol. The van der Waals surface area contributed by atoms with Crippen LogP contribution in [0.25, 0.3) is 0 Å². The van der Waals surface area contributed by atoms with Gasteiger partial charge in [-0.1, -0.05) is 31.6 Å². The molecule has 1 heterocycles. The summed E-state index contributed by atoms with van der Waals surface area (Å²) in [5.74, 6) is 2.29. The van der Waals surface area contributed by atoms with Crippen molar-refractivity contribution in [1.82, 2.24) is 15.2 Å². The Bertz CT molecular complexity index is 740. The highest BCUT2D eigenvalue weighted by Crippen LogP contribution is 2.39. The van der Waals surface area contributed by atoms with Crippen molar-refractivity contribution in [1.29, 1.82) is 0 Å². The van der Waals surface area contributed by atoms with Gasteiger partial charge in [0.05, 0.1) is 0 Å². The first-order valence-corrected chi connectivity index (χ1v) is 10.9. The summed E-state index contributed by atoms with van der Waals surface area (Å²) in [7, 11) is 1.87. The number of allylic oxidation sites excluding steroid dienone is 1. The molecule has 158 valence electrons. The standard InChI is InChI=1S/C24H35N3O2/c1-16(2)22-11-20(12-23(28)27(4)15-18-6-5-9-25-13-18)17(3)10-21(22)14-26-24(29)19-7-8-19/h5-6,9-10,13,16,19-22H,7-8,11-12,14-15H2,1-4H3,(H,26,29)/t20-,21-,22-/m0/s1. The summed E-state index contributed by atoms with van der Waals surface area (Å²) in [4.78, 5) is 30.8. The molecule has 1 saturated carbocycles. The summed E-state index contributed by atoms with van der Waals surface area (Å²) < 4.78 is 0. The number of rotatable bonds is 8. The van der Waals surface area contributed by atoms with Crippen LogP contribution in [0, 0.1) is 29.6 Å². The van der Waals surface area contributed by atoms with E-state index in [4.69, 9.17) is 0 Å². The van der Waals surface area contributed by atoms with Crippen LogP contribution in [0.3, 0.4) is 0 Å². The monoisotopic (exact) mass is 397 g/mol. The number of nitrogens with zero attached hydrogens (tertiary/aromatic N) is 2. The highest BCUT2D eigenvalue weighted by molar-refractivity contribution is 5.80. The molecule has 3 rings (SSSR count). The normalized spacial score (nSPS) is 24.2. The number of nitrogens with one attached hydrogen (secondary N) is 1. The molecule has 29 heavy (non-hydrogen) atoms. The Hall–Kier alpha value is -2.17. The molecule has 2 aliphatic carbocycles. The van der Waals surface area contributed by atoms with Gasteiger partial charge < -0.3 is 10.2 Å². The Morgan fingerprint density at radius 1 is 1.31 bits per heavy atom. The van der Waals surface area contributed by atoms with E-state index in [1.807, 2.05) is 25.4 Å². The van der Waals surface area contributed by atoms with Crippen LogP contribution in [0.2, 0.25) is 0 Å². The maximum atomic E-state index is 12.8. The van der Waals surface area contributed by atoms with E-state index in [2.05, 4.69) is 37.1 Å². The number of amides is 2. The molecule has 1 aromatic heterocycles. The van der Waals surface area contributed by atoms with Crippen molar-refractivity contribution in [3.8, 4) is 0 Å². The SMILES string of the molecule is CC1=C[C@@H](CNC(=O)C2CC2)[C@H](C(C)C)C[C@H]1CC(=O)N(C)Cc1cccnc1. The van der Waals surface area contributed by atoms with Crippen LogP contribution in [0.4, 0.5) is 0 Å². The Morgan fingerprint density at radius 3 is 2.69 bits per heavy atom. The van der Waals surface area contributed by atoms with Crippen LogP contribution in [0.15, 0.2) is 36.2 Å². The fourth-order valence-corrected chi connectivity index (χ4v) is 4.44. The van der Waals surface area contributed by atoms with E-state index in [1.165, 1.54) is 5.57 Å². The molecule has 1 fully saturated rings. The van der Waals surface area contributed by atoms with Crippen molar-refractivity contribution in [2.75, 3.05) is 13.6 Å². The average Bonchev–Trinajstić information content (AvgIpc) is 3.53. The molecule has 2 amide bonds. The van der Waals surface area contributed by atoms with Gasteiger partial charge in [-0.15, -0.1) is 0 Å². The van der Waals surface area contributed by atoms with Gasteiger partial charge >= 0.3 is 0 Å². The summed E-state index contributed by atoms with van der Waals surface area (Å²) in [5.41, 5.74) is 2.33. The van der Waals surface area contributed by atoms with Crippen LogP contribution in [-0.4, -0.2) is 35.3 Å². The second kappa shape index (κ2) is 9.55. The molecule has 3 atom stereocenters. The van der Waals surface area contributed by atoms with Crippen LogP contribution >= 0.6 is 0 Å². The molecule has 5 nitrogen and oxygen atoms in total. The summed E-state index contributed by atoms with van der Waals surface area (Å²) >= 11 is 0. The van der Waals surface area contributed by atoms with Crippen molar-refractivity contribution in [3.05, 3.63) is 41.7 Å². The Balaban J connectivity index is 1.59. The number of carbonyl (C=O) groups excluding carboxylic acids is 2. The molecule has 0 radical (unpaired) electrons. The summed E-state index contributed by atoms with van der Waals surface area (Å²) in [6, 6.07) is 3.90. The number of pyridine rings is 1. The fourth-order valence-electron chi connectivity index (χ4n) is 4.44. The molecule has 5 heteroatoms. The number of hydrogen-bond acceptors (Lipinski definition) is 3. The minimum Gasteiger partial charge on any atom is -0.355 e. The van der Waals surface area contributed by atoms with E-state index in [-0.39, 0.29) is 23.7 Å². The van der Waals surface area contributed by atoms with Crippen molar-refractivity contribution >= 4 is 11.8 Å². The lowest BCUT2D eigenvalue weighted by Gasteiger charge is -2.37. The van der Waals surface area contributed by atoms with E-state index in [1.54, 1.807) is 11.1 Å². The summed E-state index contributed by atoms with van der Waals surface area (Å²) in [5, 5.41) is 3.16. The van der Waals surface area contributed by atoms with Crippen LogP contribution in [-0.2, 0) is 16.1 Å². The molecule has 0 spiro atoms. The fraction of sp³-hybridized carbons (Fsp3) is 0.625. The predicted octanol–water partition coefficient (Wildman–Crippen LogP) is 3.81. The highest BCUT2D eigenvalue weighted by atomic mass is 16.2. The van der Waals surface area contributed by atoms with Gasteiger partial charge in [0.2, 0.25) is 11.8 Å². The van der Waals surface area contributed by atoms with E-state index < -0.39 is 0 Å². The maximum Gasteiger partial charge on any atom is 0.223 e. The smallest absolute Gasteiger partial charge is 0.223 e. The summed E-state index contributed by atoms with van der Waals surface area (Å²) in [6.07, 6.45) is 9.51. The first-order chi connectivity index (χ1) is 13.8. The van der Waals surface area contributed by atoms with Crippen LogP contribution in [0.5, 0.6) is 0 Å². The van der Waals surface area contributed by atoms with Crippen LogP contribution < -0.4 is 5.32 Å². The van der Waals surface area contributed by atoms with E-state index in [0.717, 1.165) is 31.4 Å². The zero-order valence-electron chi connectivity index (χ0n) is 18.2. The molecule has 0 saturated heterocycles. The minimum atomic E-state index is 0.176. The van der Waals surface area contributed by atoms with Gasteiger partial charge in [0, 0.05) is 44.9 Å². The first-order valence-electron chi connectivity index (χ1n) is 10.9. The third kappa shape index (κ3) is 5.91. The maximum absolute atomic E-state index is 12.8. The quantitative estimate of drug-likeness (QED) is 0.679. The second-order valence-corrected chi connectivity index (χ2v) is 9.25. The molecule has 0 aliphatic heterocycles. The topological polar surface area (TPSA) is 62.3 Å². The lowest BCUT2D eigenvalue weighted by molar-refractivity contribution is -0.131. The van der Waals surface area contributed by atoms with Gasteiger partial charge in [-0.2, -0.15) is 0 Å². The van der Waals surface area contributed by atoms with Crippen LogP contribution in [0.1, 0.15) is 52.0 Å². The Labute approximate surface area is 175 Å². The molecule has 0 bridgehead atoms. The Morgan fingerprint density at radius 2 is 2.07 bits per heavy atom. The van der Waals surface area contributed by atoms with Crippen molar-refractivity contribution < 1.29 is 9.59 Å². The van der Waals surface area contributed by atoms with E-state index in [0.29, 0.717) is 30.7 Å². The highest BCUT2D eigenvalue weighted by Gasteiger charge is 2.34. The molecule has 1 N–H and O–H groups in total. The zero-order valence-corrected chi connectivity index (χ0v) is 18.2. The number of carbonyl (C=O) groups is 2. The summed E-state index contributed by atoms with van der Waals surface area (Å²) in [6.45, 7) is 7.96. The third-order valence-corrected chi connectivity index (χ3v) is 6.53. The third-order valence-electron chi connectivity index (χ3n) is 6.53. The van der Waals surface area contributed by atoms with Crippen molar-refractivity contribution in [2.45, 2.75) is 53.0 Å². The first kappa shape index (κ1) is 21.5. The number of aromatic nitrogens is 1. The van der Waals surface area contributed by atoms with Gasteiger partial charge in [0.1, 0.15) is 0 Å². The number of hydrogen-bond donors (Lipinski definition) is 1. The molecular formula is C24H35N3O2. The Kier molecular flexibility index (Phi) is 7.09. The van der Waals surface area contributed by atoms with Gasteiger partial charge in [-0.05, 0) is 61.5 Å². The van der Waals surface area contributed by atoms with Crippen molar-refractivity contribution in [3.63, 3.8) is 0 Å². The van der Waals surface area contributed by atoms with E-state index >= 15 is 0 Å². The van der Waals surface area contributed by atoms with Gasteiger partial charge in [0.15, 0.2) is 0 Å². The molecule has 0 aromatic carbocycles. The molecule has 1 aromatic rings. The van der Waals surface area contributed by atoms with Gasteiger partial charge in [-0.3, -0.25) is 14.6 Å². The molecule has 2 aliphatic rings. The predicted molar refractivity (Wildman–Crippen MR) is 115 cm³/mol. The van der Waals surface area contributed by atoms with Gasteiger partial charge in [0.25, 0.3) is 0 Å². The van der Waals surface area contributed by atoms with Gasteiger partial charge in [-0.25, -0.2) is 0 Å². The zero-order chi connectivity index (χ0) is 21.0.